The molecule has 0 aliphatic carbocycles. The van der Waals surface area contributed by atoms with Gasteiger partial charge in [-0.15, -0.1) is 0 Å². The lowest BCUT2D eigenvalue weighted by Gasteiger charge is -2.34. The first-order chi connectivity index (χ1) is 10.0. The largest absolute Gasteiger partial charge is 0.484 e. The Labute approximate surface area is 123 Å². The summed E-state index contributed by atoms with van der Waals surface area (Å²) in [5.41, 5.74) is 0. The van der Waals surface area contributed by atoms with Crippen molar-refractivity contribution in [3.63, 3.8) is 0 Å². The van der Waals surface area contributed by atoms with E-state index in [-0.39, 0.29) is 24.1 Å². The molecule has 1 fully saturated rings. The summed E-state index contributed by atoms with van der Waals surface area (Å²) in [5.74, 6) is 0.173. The number of ketones is 1. The highest BCUT2D eigenvalue weighted by atomic mass is 19.1. The molecule has 2 rings (SSSR count). The molecule has 114 valence electrons. The normalized spacial score (nSPS) is 15.8. The number of rotatable bonds is 5. The van der Waals surface area contributed by atoms with E-state index >= 15 is 0 Å². The standard InChI is InChI=1S/C15H19FN2O3/c1-12(19)10-17-6-8-18(9-7-17)15(20)11-21-14-4-2-13(16)3-5-14/h2-5H,6-11H2,1H3. The Morgan fingerprint density at radius 1 is 1.14 bits per heavy atom. The van der Waals surface area contributed by atoms with Gasteiger partial charge in [0.1, 0.15) is 17.3 Å². The van der Waals surface area contributed by atoms with E-state index in [0.29, 0.717) is 38.5 Å². The molecule has 1 saturated heterocycles. The van der Waals surface area contributed by atoms with E-state index in [1.54, 1.807) is 11.8 Å². The number of Topliss-reactive ketones (excluding diaryl/α,β-unsaturated/α-hetero) is 1. The third kappa shape index (κ3) is 4.82. The van der Waals surface area contributed by atoms with Gasteiger partial charge in [0.25, 0.3) is 5.91 Å². The van der Waals surface area contributed by atoms with Crippen LogP contribution in [0.3, 0.4) is 0 Å². The molecule has 1 aromatic rings. The summed E-state index contributed by atoms with van der Waals surface area (Å²) < 4.78 is 18.1. The molecule has 0 atom stereocenters. The zero-order valence-electron chi connectivity index (χ0n) is 12.0. The minimum atomic E-state index is -0.338. The number of amides is 1. The molecular weight excluding hydrogens is 275 g/mol. The van der Waals surface area contributed by atoms with Gasteiger partial charge in [-0.1, -0.05) is 0 Å². The van der Waals surface area contributed by atoms with Crippen LogP contribution in [-0.2, 0) is 9.59 Å². The molecule has 0 N–H and O–H groups in total. The van der Waals surface area contributed by atoms with Crippen molar-refractivity contribution in [2.45, 2.75) is 6.92 Å². The average molecular weight is 294 g/mol. The number of hydrogen-bond donors (Lipinski definition) is 0. The van der Waals surface area contributed by atoms with E-state index < -0.39 is 0 Å². The quantitative estimate of drug-likeness (QED) is 0.811. The van der Waals surface area contributed by atoms with Crippen LogP contribution in [0, 0.1) is 5.82 Å². The van der Waals surface area contributed by atoms with Gasteiger partial charge in [0.2, 0.25) is 0 Å². The number of nitrogens with zero attached hydrogens (tertiary/aromatic N) is 2. The predicted octanol–water partition coefficient (Wildman–Crippen LogP) is 0.938. The van der Waals surface area contributed by atoms with Crippen LogP contribution in [0.2, 0.25) is 0 Å². The van der Waals surface area contributed by atoms with Crippen molar-refractivity contribution in [2.75, 3.05) is 39.3 Å². The first kappa shape index (κ1) is 15.4. The molecule has 21 heavy (non-hydrogen) atoms. The van der Waals surface area contributed by atoms with Crippen molar-refractivity contribution in [1.29, 1.82) is 0 Å². The molecule has 0 bridgehead atoms. The highest BCUT2D eigenvalue weighted by Crippen LogP contribution is 2.11. The number of carbonyl (C=O) groups excluding carboxylic acids is 2. The molecule has 6 heteroatoms. The minimum Gasteiger partial charge on any atom is -0.484 e. The second-order valence-electron chi connectivity index (χ2n) is 5.10. The van der Waals surface area contributed by atoms with Crippen molar-refractivity contribution in [3.05, 3.63) is 30.1 Å². The molecule has 1 aliphatic heterocycles. The van der Waals surface area contributed by atoms with E-state index in [9.17, 15) is 14.0 Å². The van der Waals surface area contributed by atoms with E-state index in [2.05, 4.69) is 0 Å². The minimum absolute atomic E-state index is 0.0572. The molecular formula is C15H19FN2O3. The Kier molecular flexibility index (Phi) is 5.27. The van der Waals surface area contributed by atoms with Gasteiger partial charge < -0.3 is 9.64 Å². The molecule has 0 aromatic heterocycles. The number of piperazine rings is 1. The van der Waals surface area contributed by atoms with Crippen LogP contribution >= 0.6 is 0 Å². The van der Waals surface area contributed by atoms with Crippen LogP contribution in [0.25, 0.3) is 0 Å². The van der Waals surface area contributed by atoms with Crippen molar-refractivity contribution >= 4 is 11.7 Å². The highest BCUT2D eigenvalue weighted by molar-refractivity contribution is 5.78. The van der Waals surface area contributed by atoms with Crippen molar-refractivity contribution in [1.82, 2.24) is 9.80 Å². The number of ether oxygens (including phenoxy) is 1. The summed E-state index contributed by atoms with van der Waals surface area (Å²) in [6, 6.07) is 5.57. The monoisotopic (exact) mass is 294 g/mol. The van der Waals surface area contributed by atoms with Crippen LogP contribution < -0.4 is 4.74 Å². The smallest absolute Gasteiger partial charge is 0.260 e. The lowest BCUT2D eigenvalue weighted by molar-refractivity contribution is -0.135. The summed E-state index contributed by atoms with van der Waals surface area (Å²) >= 11 is 0. The fourth-order valence-electron chi connectivity index (χ4n) is 2.24. The number of hydrogen-bond acceptors (Lipinski definition) is 4. The zero-order valence-corrected chi connectivity index (χ0v) is 12.0. The summed E-state index contributed by atoms with van der Waals surface area (Å²) in [4.78, 5) is 26.8. The Bertz CT molecular complexity index is 496. The van der Waals surface area contributed by atoms with Gasteiger partial charge in [0, 0.05) is 26.2 Å². The third-order valence-electron chi connectivity index (χ3n) is 3.35. The lowest BCUT2D eigenvalue weighted by Crippen LogP contribution is -2.50. The SMILES string of the molecule is CC(=O)CN1CCN(C(=O)COc2ccc(F)cc2)CC1. The average Bonchev–Trinajstić information content (AvgIpc) is 2.46. The Morgan fingerprint density at radius 3 is 2.33 bits per heavy atom. The predicted molar refractivity (Wildman–Crippen MR) is 75.6 cm³/mol. The van der Waals surface area contributed by atoms with Crippen LogP contribution in [0.4, 0.5) is 4.39 Å². The maximum absolute atomic E-state index is 12.7. The summed E-state index contributed by atoms with van der Waals surface area (Å²) in [5, 5.41) is 0. The lowest BCUT2D eigenvalue weighted by atomic mass is 10.3. The maximum Gasteiger partial charge on any atom is 0.260 e. The molecule has 0 saturated carbocycles. The summed E-state index contributed by atoms with van der Waals surface area (Å²) in [6.45, 7) is 4.53. The second-order valence-corrected chi connectivity index (χ2v) is 5.10. The van der Waals surface area contributed by atoms with E-state index in [4.69, 9.17) is 4.74 Å². The topological polar surface area (TPSA) is 49.9 Å². The number of halogens is 1. The van der Waals surface area contributed by atoms with Crippen LogP contribution in [0.15, 0.2) is 24.3 Å². The van der Waals surface area contributed by atoms with E-state index in [1.165, 1.54) is 24.3 Å². The first-order valence-electron chi connectivity index (χ1n) is 6.92. The fourth-order valence-corrected chi connectivity index (χ4v) is 2.24. The summed E-state index contributed by atoms with van der Waals surface area (Å²) in [7, 11) is 0. The van der Waals surface area contributed by atoms with Gasteiger partial charge in [-0.05, 0) is 31.2 Å². The Balaban J connectivity index is 1.74. The van der Waals surface area contributed by atoms with E-state index in [1.807, 2.05) is 4.90 Å². The van der Waals surface area contributed by atoms with Gasteiger partial charge in [-0.3, -0.25) is 14.5 Å². The molecule has 1 aromatic carbocycles. The van der Waals surface area contributed by atoms with Crippen LogP contribution in [-0.4, -0.2) is 60.8 Å². The molecule has 0 spiro atoms. The van der Waals surface area contributed by atoms with Crippen molar-refractivity contribution in [3.8, 4) is 5.75 Å². The fraction of sp³-hybridized carbons (Fsp3) is 0.467. The van der Waals surface area contributed by atoms with Gasteiger partial charge >= 0.3 is 0 Å². The summed E-state index contributed by atoms with van der Waals surface area (Å²) in [6.07, 6.45) is 0. The van der Waals surface area contributed by atoms with Gasteiger partial charge in [0.05, 0.1) is 6.54 Å². The molecule has 0 unspecified atom stereocenters. The van der Waals surface area contributed by atoms with Crippen molar-refractivity contribution in [2.24, 2.45) is 0 Å². The zero-order chi connectivity index (χ0) is 15.2. The van der Waals surface area contributed by atoms with Crippen LogP contribution in [0.5, 0.6) is 5.75 Å². The molecule has 5 nitrogen and oxygen atoms in total. The van der Waals surface area contributed by atoms with Crippen molar-refractivity contribution < 1.29 is 18.7 Å². The van der Waals surface area contributed by atoms with Gasteiger partial charge in [0.15, 0.2) is 6.61 Å². The molecule has 1 heterocycles. The first-order valence-corrected chi connectivity index (χ1v) is 6.92. The molecule has 0 radical (unpaired) electrons. The Morgan fingerprint density at radius 2 is 1.76 bits per heavy atom. The Hall–Kier alpha value is -1.95. The number of benzene rings is 1. The van der Waals surface area contributed by atoms with Gasteiger partial charge in [-0.2, -0.15) is 0 Å². The van der Waals surface area contributed by atoms with Crippen LogP contribution in [0.1, 0.15) is 6.92 Å². The maximum atomic E-state index is 12.7. The van der Waals surface area contributed by atoms with Gasteiger partial charge in [-0.25, -0.2) is 4.39 Å². The molecule has 1 aliphatic rings. The van der Waals surface area contributed by atoms with E-state index in [0.717, 1.165) is 0 Å². The second kappa shape index (κ2) is 7.17. The highest BCUT2D eigenvalue weighted by Gasteiger charge is 2.21. The third-order valence-corrected chi connectivity index (χ3v) is 3.35. The number of carbonyl (C=O) groups is 2. The molecule has 1 amide bonds.